The second-order valence-corrected chi connectivity index (χ2v) is 5.05. The molecule has 0 fully saturated rings. The van der Waals surface area contributed by atoms with Crippen LogP contribution in [-0.4, -0.2) is 10.9 Å². The van der Waals surface area contributed by atoms with Gasteiger partial charge < -0.3 is 5.32 Å². The van der Waals surface area contributed by atoms with Crippen LogP contribution in [0, 0.1) is 0 Å². The summed E-state index contributed by atoms with van der Waals surface area (Å²) in [4.78, 5) is 16.2. The molecule has 1 aromatic carbocycles. The summed E-state index contributed by atoms with van der Waals surface area (Å²) in [6.45, 7) is 3.50. The highest BCUT2D eigenvalue weighted by Gasteiger charge is 2.12. The summed E-state index contributed by atoms with van der Waals surface area (Å²) < 4.78 is 0. The van der Waals surface area contributed by atoms with E-state index in [1.54, 1.807) is 17.5 Å². The Bertz CT molecular complexity index is 778. The third-order valence-corrected chi connectivity index (χ3v) is 3.72. The third-order valence-electron chi connectivity index (χ3n) is 3.04. The molecule has 0 unspecified atom stereocenters. The van der Waals surface area contributed by atoms with E-state index in [0.717, 1.165) is 27.7 Å². The van der Waals surface area contributed by atoms with Gasteiger partial charge in [-0.25, -0.2) is 0 Å². The Kier molecular flexibility index (Phi) is 3.31. The van der Waals surface area contributed by atoms with Crippen LogP contribution in [0.1, 0.15) is 0 Å². The Morgan fingerprint density at radius 2 is 2.15 bits per heavy atom. The van der Waals surface area contributed by atoms with Crippen molar-refractivity contribution in [3.63, 3.8) is 0 Å². The smallest absolute Gasteiger partial charge is 0.247 e. The SMILES string of the molecule is C=CC(=O)Nc1c(-c2ccsc2)cnc2ccccc12. The fraction of sp³-hybridized carbons (Fsp3) is 0. The lowest BCUT2D eigenvalue weighted by atomic mass is 10.0. The van der Waals surface area contributed by atoms with Crippen molar-refractivity contribution >= 4 is 33.8 Å². The molecule has 1 amide bonds. The lowest BCUT2D eigenvalue weighted by Crippen LogP contribution is -2.09. The molecule has 3 rings (SSSR count). The monoisotopic (exact) mass is 280 g/mol. The van der Waals surface area contributed by atoms with Crippen molar-refractivity contribution in [1.29, 1.82) is 0 Å². The van der Waals surface area contributed by atoms with Crippen molar-refractivity contribution in [2.45, 2.75) is 0 Å². The number of thiophene rings is 1. The number of hydrogen-bond donors (Lipinski definition) is 1. The van der Waals surface area contributed by atoms with Crippen LogP contribution in [0.25, 0.3) is 22.0 Å². The zero-order valence-electron chi connectivity index (χ0n) is 10.7. The van der Waals surface area contributed by atoms with Gasteiger partial charge in [0.15, 0.2) is 0 Å². The van der Waals surface area contributed by atoms with E-state index in [4.69, 9.17) is 0 Å². The molecule has 0 aliphatic rings. The molecule has 3 aromatic rings. The van der Waals surface area contributed by atoms with Crippen molar-refractivity contribution in [2.75, 3.05) is 5.32 Å². The second kappa shape index (κ2) is 5.27. The molecule has 0 spiro atoms. The molecule has 98 valence electrons. The summed E-state index contributed by atoms with van der Waals surface area (Å²) in [6, 6.07) is 9.76. The molecule has 0 radical (unpaired) electrons. The number of fused-ring (bicyclic) bond motifs is 1. The molecule has 0 atom stereocenters. The Morgan fingerprint density at radius 1 is 1.30 bits per heavy atom. The van der Waals surface area contributed by atoms with Crippen LogP contribution >= 0.6 is 11.3 Å². The van der Waals surface area contributed by atoms with Gasteiger partial charge in [0.1, 0.15) is 0 Å². The number of para-hydroxylation sites is 1. The first-order valence-electron chi connectivity index (χ1n) is 6.13. The van der Waals surface area contributed by atoms with E-state index >= 15 is 0 Å². The second-order valence-electron chi connectivity index (χ2n) is 4.27. The van der Waals surface area contributed by atoms with Gasteiger partial charge in [-0.1, -0.05) is 24.8 Å². The molecule has 4 heteroatoms. The van der Waals surface area contributed by atoms with Gasteiger partial charge in [0.25, 0.3) is 0 Å². The molecule has 0 saturated heterocycles. The number of nitrogens with zero attached hydrogens (tertiary/aromatic N) is 1. The molecule has 2 aromatic heterocycles. The van der Waals surface area contributed by atoms with Gasteiger partial charge in [-0.3, -0.25) is 9.78 Å². The zero-order chi connectivity index (χ0) is 13.9. The number of hydrogen-bond acceptors (Lipinski definition) is 3. The number of carbonyl (C=O) groups excluding carboxylic acids is 1. The Morgan fingerprint density at radius 3 is 2.90 bits per heavy atom. The van der Waals surface area contributed by atoms with Crippen LogP contribution in [0.5, 0.6) is 0 Å². The number of nitrogens with one attached hydrogen (secondary N) is 1. The number of carbonyl (C=O) groups is 1. The molecule has 0 aliphatic heterocycles. The lowest BCUT2D eigenvalue weighted by Gasteiger charge is -2.12. The van der Waals surface area contributed by atoms with Gasteiger partial charge in [0.2, 0.25) is 5.91 Å². The summed E-state index contributed by atoms with van der Waals surface area (Å²) in [5.74, 6) is -0.224. The average Bonchev–Trinajstić information content (AvgIpc) is 3.01. The molecule has 2 heterocycles. The van der Waals surface area contributed by atoms with Crippen LogP contribution in [-0.2, 0) is 4.79 Å². The summed E-state index contributed by atoms with van der Waals surface area (Å²) in [7, 11) is 0. The van der Waals surface area contributed by atoms with Crippen molar-refractivity contribution < 1.29 is 4.79 Å². The Balaban J connectivity index is 2.26. The van der Waals surface area contributed by atoms with E-state index in [0.29, 0.717) is 0 Å². The van der Waals surface area contributed by atoms with Crippen molar-refractivity contribution in [3.05, 3.63) is 59.9 Å². The van der Waals surface area contributed by atoms with Gasteiger partial charge in [0, 0.05) is 17.1 Å². The van der Waals surface area contributed by atoms with E-state index in [-0.39, 0.29) is 5.91 Å². The van der Waals surface area contributed by atoms with Crippen LogP contribution < -0.4 is 5.32 Å². The quantitative estimate of drug-likeness (QED) is 0.734. The van der Waals surface area contributed by atoms with Crippen LogP contribution in [0.15, 0.2) is 59.9 Å². The van der Waals surface area contributed by atoms with Crippen molar-refractivity contribution in [3.8, 4) is 11.1 Å². The maximum atomic E-state index is 11.7. The molecule has 20 heavy (non-hydrogen) atoms. The number of benzene rings is 1. The summed E-state index contributed by atoms with van der Waals surface area (Å²) in [6.07, 6.45) is 3.07. The number of aromatic nitrogens is 1. The maximum absolute atomic E-state index is 11.7. The number of pyridine rings is 1. The van der Waals surface area contributed by atoms with Gasteiger partial charge in [-0.2, -0.15) is 11.3 Å². The van der Waals surface area contributed by atoms with E-state index in [1.807, 2.05) is 41.1 Å². The van der Waals surface area contributed by atoms with Gasteiger partial charge in [-0.05, 0) is 34.5 Å². The first-order chi connectivity index (χ1) is 9.79. The van der Waals surface area contributed by atoms with Crippen molar-refractivity contribution in [1.82, 2.24) is 4.98 Å². The highest BCUT2D eigenvalue weighted by molar-refractivity contribution is 7.08. The minimum atomic E-state index is -0.224. The predicted octanol–water partition coefficient (Wildman–Crippen LogP) is 4.09. The Labute approximate surface area is 120 Å². The lowest BCUT2D eigenvalue weighted by molar-refractivity contribution is -0.111. The molecule has 0 saturated carbocycles. The normalized spacial score (nSPS) is 10.4. The van der Waals surface area contributed by atoms with E-state index in [9.17, 15) is 4.79 Å². The fourth-order valence-electron chi connectivity index (χ4n) is 2.09. The van der Waals surface area contributed by atoms with Crippen LogP contribution in [0.4, 0.5) is 5.69 Å². The van der Waals surface area contributed by atoms with Crippen molar-refractivity contribution in [2.24, 2.45) is 0 Å². The maximum Gasteiger partial charge on any atom is 0.247 e. The fourth-order valence-corrected chi connectivity index (χ4v) is 2.74. The average molecular weight is 280 g/mol. The first-order valence-corrected chi connectivity index (χ1v) is 7.07. The summed E-state index contributed by atoms with van der Waals surface area (Å²) in [5, 5.41) is 7.86. The van der Waals surface area contributed by atoms with E-state index in [1.165, 1.54) is 6.08 Å². The van der Waals surface area contributed by atoms with Gasteiger partial charge in [-0.15, -0.1) is 0 Å². The molecule has 1 N–H and O–H groups in total. The summed E-state index contributed by atoms with van der Waals surface area (Å²) >= 11 is 1.61. The Hall–Kier alpha value is -2.46. The highest BCUT2D eigenvalue weighted by atomic mass is 32.1. The third kappa shape index (κ3) is 2.21. The minimum absolute atomic E-state index is 0.224. The highest BCUT2D eigenvalue weighted by Crippen LogP contribution is 2.34. The van der Waals surface area contributed by atoms with Gasteiger partial charge >= 0.3 is 0 Å². The number of amides is 1. The van der Waals surface area contributed by atoms with E-state index in [2.05, 4.69) is 16.9 Å². The van der Waals surface area contributed by atoms with Crippen LogP contribution in [0.3, 0.4) is 0 Å². The van der Waals surface area contributed by atoms with E-state index < -0.39 is 0 Å². The predicted molar refractivity (Wildman–Crippen MR) is 83.9 cm³/mol. The molecular weight excluding hydrogens is 268 g/mol. The zero-order valence-corrected chi connectivity index (χ0v) is 11.5. The number of anilines is 1. The topological polar surface area (TPSA) is 42.0 Å². The number of rotatable bonds is 3. The molecule has 0 bridgehead atoms. The first kappa shape index (κ1) is 12.6. The molecule has 3 nitrogen and oxygen atoms in total. The summed E-state index contributed by atoms with van der Waals surface area (Å²) in [5.41, 5.74) is 3.59. The minimum Gasteiger partial charge on any atom is -0.321 e. The largest absolute Gasteiger partial charge is 0.321 e. The van der Waals surface area contributed by atoms with Crippen LogP contribution in [0.2, 0.25) is 0 Å². The van der Waals surface area contributed by atoms with Gasteiger partial charge in [0.05, 0.1) is 11.2 Å². The standard InChI is InChI=1S/C16H12N2OS/c1-2-15(19)18-16-12-5-3-4-6-14(12)17-9-13(16)11-7-8-20-10-11/h2-10H,1H2,(H,17,18,19). The molecular formula is C16H12N2OS. The molecule has 0 aliphatic carbocycles.